The van der Waals surface area contributed by atoms with E-state index in [1.165, 1.54) is 5.56 Å². The number of benzene rings is 1. The van der Waals surface area contributed by atoms with Crippen LogP contribution >= 0.6 is 0 Å². The largest absolute Gasteiger partial charge is 0.391 e. The average molecular weight is 236 g/mol. The van der Waals surface area contributed by atoms with Gasteiger partial charge in [-0.1, -0.05) is 30.3 Å². The molecule has 94 valence electrons. The van der Waals surface area contributed by atoms with Crippen molar-refractivity contribution in [2.75, 3.05) is 6.61 Å². The summed E-state index contributed by atoms with van der Waals surface area (Å²) in [4.78, 5) is 0. The van der Waals surface area contributed by atoms with Crippen LogP contribution in [0.3, 0.4) is 0 Å². The molecule has 17 heavy (non-hydrogen) atoms. The van der Waals surface area contributed by atoms with E-state index in [2.05, 4.69) is 12.1 Å². The van der Waals surface area contributed by atoms with E-state index in [0.29, 0.717) is 19.3 Å². The maximum atomic E-state index is 9.08. The van der Waals surface area contributed by atoms with Gasteiger partial charge in [0.1, 0.15) is 0 Å². The lowest BCUT2D eigenvalue weighted by Gasteiger charge is -2.35. The summed E-state index contributed by atoms with van der Waals surface area (Å²) in [5.74, 6) is 0. The first-order valence-corrected chi connectivity index (χ1v) is 6.19. The highest BCUT2D eigenvalue weighted by atomic mass is 16.5. The molecule has 3 heteroatoms. The van der Waals surface area contributed by atoms with Gasteiger partial charge in [-0.05, 0) is 25.3 Å². The Bertz CT molecular complexity index is 317. The second-order valence-electron chi connectivity index (χ2n) is 4.69. The van der Waals surface area contributed by atoms with Crippen molar-refractivity contribution in [1.82, 2.24) is 0 Å². The highest BCUT2D eigenvalue weighted by Crippen LogP contribution is 2.27. The molecule has 1 N–H and O–H groups in total. The fourth-order valence-corrected chi connectivity index (χ4v) is 1.85. The molecule has 2 rings (SSSR count). The summed E-state index contributed by atoms with van der Waals surface area (Å²) in [7, 11) is 0. The smallest absolute Gasteiger partial charge is 0.0745 e. The van der Waals surface area contributed by atoms with E-state index < -0.39 is 0 Å². The van der Waals surface area contributed by atoms with Crippen molar-refractivity contribution in [3.05, 3.63) is 35.9 Å². The zero-order chi connectivity index (χ0) is 12.1. The molecule has 0 aliphatic heterocycles. The van der Waals surface area contributed by atoms with Gasteiger partial charge in [0.2, 0.25) is 0 Å². The van der Waals surface area contributed by atoms with Gasteiger partial charge in [-0.25, -0.2) is 0 Å². The van der Waals surface area contributed by atoms with Gasteiger partial charge in [-0.2, -0.15) is 0 Å². The van der Waals surface area contributed by atoms with Crippen LogP contribution in [0.2, 0.25) is 0 Å². The summed E-state index contributed by atoms with van der Waals surface area (Å²) in [6.07, 6.45) is 2.10. The fourth-order valence-electron chi connectivity index (χ4n) is 1.85. The molecule has 1 aliphatic rings. The van der Waals surface area contributed by atoms with Gasteiger partial charge in [-0.15, -0.1) is 0 Å². The average Bonchev–Trinajstić information content (AvgIpc) is 2.27. The van der Waals surface area contributed by atoms with Crippen molar-refractivity contribution < 1.29 is 14.6 Å². The van der Waals surface area contributed by atoms with Gasteiger partial charge < -0.3 is 14.6 Å². The second kappa shape index (κ2) is 6.15. The zero-order valence-corrected chi connectivity index (χ0v) is 10.2. The molecule has 1 aromatic rings. The molecule has 0 heterocycles. The van der Waals surface area contributed by atoms with Crippen molar-refractivity contribution in [3.63, 3.8) is 0 Å². The topological polar surface area (TPSA) is 38.7 Å². The van der Waals surface area contributed by atoms with E-state index in [1.807, 2.05) is 18.2 Å². The van der Waals surface area contributed by atoms with Gasteiger partial charge in [0.15, 0.2) is 0 Å². The van der Waals surface area contributed by atoms with Gasteiger partial charge in [0.05, 0.1) is 31.5 Å². The molecule has 0 bridgehead atoms. The van der Waals surface area contributed by atoms with Crippen molar-refractivity contribution >= 4 is 0 Å². The second-order valence-corrected chi connectivity index (χ2v) is 4.69. The highest BCUT2D eigenvalue weighted by molar-refractivity contribution is 5.13. The van der Waals surface area contributed by atoms with Gasteiger partial charge in [-0.3, -0.25) is 0 Å². The Morgan fingerprint density at radius 1 is 1.18 bits per heavy atom. The molecule has 1 saturated carbocycles. The molecular formula is C14H20O3. The van der Waals surface area contributed by atoms with Crippen LogP contribution in [0.4, 0.5) is 0 Å². The summed E-state index contributed by atoms with van der Waals surface area (Å²) >= 11 is 0. The minimum atomic E-state index is -0.376. The Balaban J connectivity index is 1.58. The molecule has 0 spiro atoms. The molecule has 0 amide bonds. The van der Waals surface area contributed by atoms with Crippen LogP contribution in [0.25, 0.3) is 0 Å². The van der Waals surface area contributed by atoms with Gasteiger partial charge in [0, 0.05) is 0 Å². The maximum absolute atomic E-state index is 9.08. The third-order valence-corrected chi connectivity index (χ3v) is 2.95. The van der Waals surface area contributed by atoms with Gasteiger partial charge >= 0.3 is 0 Å². The van der Waals surface area contributed by atoms with E-state index in [1.54, 1.807) is 6.92 Å². The van der Waals surface area contributed by atoms with E-state index in [4.69, 9.17) is 14.6 Å². The fraction of sp³-hybridized carbons (Fsp3) is 0.571. The number of hydrogen-bond donors (Lipinski definition) is 1. The number of aliphatic hydroxyl groups excluding tert-OH is 1. The number of aliphatic hydroxyl groups is 1. The van der Waals surface area contributed by atoms with Crippen LogP contribution in [-0.2, 0) is 16.1 Å². The molecular weight excluding hydrogens is 216 g/mol. The maximum Gasteiger partial charge on any atom is 0.0745 e. The number of ether oxygens (including phenoxy) is 2. The summed E-state index contributed by atoms with van der Waals surface area (Å²) < 4.78 is 11.3. The molecule has 1 fully saturated rings. The van der Waals surface area contributed by atoms with Crippen LogP contribution in [0.5, 0.6) is 0 Å². The van der Waals surface area contributed by atoms with Crippen molar-refractivity contribution in [2.24, 2.45) is 0 Å². The van der Waals surface area contributed by atoms with E-state index >= 15 is 0 Å². The van der Waals surface area contributed by atoms with E-state index in [0.717, 1.165) is 12.8 Å². The van der Waals surface area contributed by atoms with Crippen molar-refractivity contribution in [2.45, 2.75) is 44.7 Å². The number of rotatable bonds is 6. The third kappa shape index (κ3) is 4.11. The van der Waals surface area contributed by atoms with Crippen LogP contribution < -0.4 is 0 Å². The molecule has 1 atom stereocenters. The molecule has 1 unspecified atom stereocenters. The van der Waals surface area contributed by atoms with E-state index in [9.17, 15) is 0 Å². The summed E-state index contributed by atoms with van der Waals surface area (Å²) in [6.45, 7) is 2.84. The Kier molecular flexibility index (Phi) is 4.54. The normalized spacial score (nSPS) is 25.3. The summed E-state index contributed by atoms with van der Waals surface area (Å²) in [6, 6.07) is 10.2. The molecule has 1 aromatic carbocycles. The lowest BCUT2D eigenvalue weighted by Crippen LogP contribution is -2.38. The third-order valence-electron chi connectivity index (χ3n) is 2.95. The lowest BCUT2D eigenvalue weighted by molar-refractivity contribution is -0.118. The zero-order valence-electron chi connectivity index (χ0n) is 10.2. The Hall–Kier alpha value is -0.900. The predicted molar refractivity (Wildman–Crippen MR) is 65.7 cm³/mol. The molecule has 0 radical (unpaired) electrons. The Morgan fingerprint density at radius 3 is 2.47 bits per heavy atom. The highest BCUT2D eigenvalue weighted by Gasteiger charge is 2.30. The molecule has 0 saturated heterocycles. The Morgan fingerprint density at radius 2 is 1.82 bits per heavy atom. The van der Waals surface area contributed by atoms with Crippen LogP contribution in [0, 0.1) is 0 Å². The summed E-state index contributed by atoms with van der Waals surface area (Å²) in [5, 5.41) is 9.08. The van der Waals surface area contributed by atoms with Crippen molar-refractivity contribution in [3.8, 4) is 0 Å². The SMILES string of the molecule is CC(O)COC1CC(OCc2ccccc2)C1. The first-order valence-electron chi connectivity index (χ1n) is 6.19. The quantitative estimate of drug-likeness (QED) is 0.822. The first-order chi connectivity index (χ1) is 8.24. The Labute approximate surface area is 102 Å². The molecule has 3 nitrogen and oxygen atoms in total. The van der Waals surface area contributed by atoms with Crippen LogP contribution in [0.1, 0.15) is 25.3 Å². The predicted octanol–water partition coefficient (Wildman–Crippen LogP) is 2.13. The van der Waals surface area contributed by atoms with Crippen LogP contribution in [0.15, 0.2) is 30.3 Å². The number of hydrogen-bond acceptors (Lipinski definition) is 3. The standard InChI is InChI=1S/C14H20O3/c1-11(15)9-16-13-7-14(8-13)17-10-12-5-3-2-4-6-12/h2-6,11,13-15H,7-10H2,1H3. The van der Waals surface area contributed by atoms with Gasteiger partial charge in [0.25, 0.3) is 0 Å². The van der Waals surface area contributed by atoms with Crippen LogP contribution in [-0.4, -0.2) is 30.0 Å². The molecule has 0 aromatic heterocycles. The summed E-state index contributed by atoms with van der Waals surface area (Å²) in [5.41, 5.74) is 1.21. The molecule has 1 aliphatic carbocycles. The lowest BCUT2D eigenvalue weighted by atomic mass is 9.92. The minimum absolute atomic E-state index is 0.269. The van der Waals surface area contributed by atoms with Crippen molar-refractivity contribution in [1.29, 1.82) is 0 Å². The first kappa shape index (κ1) is 12.6. The minimum Gasteiger partial charge on any atom is -0.391 e. The van der Waals surface area contributed by atoms with E-state index in [-0.39, 0.29) is 12.2 Å². The monoisotopic (exact) mass is 236 g/mol.